The average Bonchev–Trinajstić information content (AvgIpc) is 2.78. The Morgan fingerprint density at radius 2 is 2.00 bits per heavy atom. The summed E-state index contributed by atoms with van der Waals surface area (Å²) in [6.07, 6.45) is 0. The third kappa shape index (κ3) is 3.36. The molecule has 20 heavy (non-hydrogen) atoms. The molecule has 0 fully saturated rings. The molecule has 0 aliphatic rings. The summed E-state index contributed by atoms with van der Waals surface area (Å²) in [7, 11) is 0. The molecule has 0 unspecified atom stereocenters. The van der Waals surface area contributed by atoms with Crippen LogP contribution < -0.4 is 5.32 Å². The van der Waals surface area contributed by atoms with E-state index in [-0.39, 0.29) is 0 Å². The zero-order valence-corrected chi connectivity index (χ0v) is 12.6. The van der Waals surface area contributed by atoms with Crippen molar-refractivity contribution in [3.8, 4) is 0 Å². The van der Waals surface area contributed by atoms with E-state index in [0.717, 1.165) is 5.56 Å². The highest BCUT2D eigenvalue weighted by atomic mass is 32.1. The largest absolute Gasteiger partial charge is 0.477 e. The van der Waals surface area contributed by atoms with E-state index in [1.165, 1.54) is 16.9 Å². The molecule has 0 aliphatic carbocycles. The number of benzene rings is 1. The van der Waals surface area contributed by atoms with E-state index >= 15 is 0 Å². The van der Waals surface area contributed by atoms with Crippen LogP contribution in [0.4, 0.5) is 5.13 Å². The fourth-order valence-corrected chi connectivity index (χ4v) is 2.67. The number of aryl methyl sites for hydroxylation is 1. The van der Waals surface area contributed by atoms with Crippen LogP contribution >= 0.6 is 11.3 Å². The summed E-state index contributed by atoms with van der Waals surface area (Å²) in [6, 6.07) is 8.41. The van der Waals surface area contributed by atoms with Gasteiger partial charge in [-0.3, -0.25) is 0 Å². The second-order valence-corrected chi connectivity index (χ2v) is 5.99. The maximum atomic E-state index is 11.0. The van der Waals surface area contributed by atoms with Crippen molar-refractivity contribution in [3.63, 3.8) is 0 Å². The molecule has 0 saturated carbocycles. The molecule has 0 spiro atoms. The first kappa shape index (κ1) is 14.5. The van der Waals surface area contributed by atoms with Gasteiger partial charge in [-0.05, 0) is 24.0 Å². The van der Waals surface area contributed by atoms with Gasteiger partial charge in [0, 0.05) is 6.54 Å². The molecule has 106 valence electrons. The third-order valence-electron chi connectivity index (χ3n) is 3.08. The van der Waals surface area contributed by atoms with E-state index in [9.17, 15) is 4.79 Å². The lowest BCUT2D eigenvalue weighted by Gasteiger charge is -2.07. The van der Waals surface area contributed by atoms with Crippen LogP contribution in [-0.4, -0.2) is 16.1 Å². The Labute approximate surface area is 122 Å². The quantitative estimate of drug-likeness (QED) is 0.877. The molecule has 0 amide bonds. The molecule has 0 aliphatic heterocycles. The molecule has 0 bridgehead atoms. The predicted molar refractivity (Wildman–Crippen MR) is 81.7 cm³/mol. The number of carbonyl (C=O) groups is 1. The number of carboxylic acid groups (broad SMARTS) is 1. The van der Waals surface area contributed by atoms with E-state index in [4.69, 9.17) is 5.11 Å². The lowest BCUT2D eigenvalue weighted by atomic mass is 10.0. The van der Waals surface area contributed by atoms with Crippen LogP contribution in [0.25, 0.3) is 0 Å². The maximum Gasteiger partial charge on any atom is 0.347 e. The van der Waals surface area contributed by atoms with Crippen molar-refractivity contribution in [2.75, 3.05) is 5.32 Å². The first-order valence-corrected chi connectivity index (χ1v) is 7.32. The van der Waals surface area contributed by atoms with Crippen LogP contribution in [0.15, 0.2) is 24.3 Å². The fraction of sp³-hybridized carbons (Fsp3) is 0.333. The Morgan fingerprint density at radius 3 is 2.50 bits per heavy atom. The van der Waals surface area contributed by atoms with Gasteiger partial charge in [-0.15, -0.1) is 0 Å². The van der Waals surface area contributed by atoms with E-state index in [0.29, 0.717) is 28.2 Å². The van der Waals surface area contributed by atoms with Gasteiger partial charge in [-0.1, -0.05) is 49.4 Å². The van der Waals surface area contributed by atoms with Crippen molar-refractivity contribution in [1.29, 1.82) is 0 Å². The van der Waals surface area contributed by atoms with E-state index in [2.05, 4.69) is 48.4 Å². The van der Waals surface area contributed by atoms with E-state index in [1.54, 1.807) is 6.92 Å². The summed E-state index contributed by atoms with van der Waals surface area (Å²) in [4.78, 5) is 15.5. The fourth-order valence-electron chi connectivity index (χ4n) is 1.87. The number of rotatable bonds is 5. The van der Waals surface area contributed by atoms with E-state index in [1.807, 2.05) is 0 Å². The highest BCUT2D eigenvalue weighted by Gasteiger charge is 2.13. The highest BCUT2D eigenvalue weighted by molar-refractivity contribution is 7.17. The lowest BCUT2D eigenvalue weighted by Crippen LogP contribution is -1.99. The normalized spacial score (nSPS) is 10.8. The number of nitrogens with zero attached hydrogens (tertiary/aromatic N) is 1. The molecule has 0 radical (unpaired) electrons. The van der Waals surface area contributed by atoms with Gasteiger partial charge >= 0.3 is 5.97 Å². The van der Waals surface area contributed by atoms with Gasteiger partial charge in [-0.2, -0.15) is 0 Å². The second-order valence-electron chi connectivity index (χ2n) is 4.99. The minimum atomic E-state index is -0.922. The van der Waals surface area contributed by atoms with Crippen LogP contribution in [0.5, 0.6) is 0 Å². The van der Waals surface area contributed by atoms with Gasteiger partial charge in [0.15, 0.2) is 5.13 Å². The van der Waals surface area contributed by atoms with Crippen LogP contribution in [0.1, 0.15) is 46.3 Å². The average molecular weight is 290 g/mol. The molecule has 2 aromatic rings. The molecule has 1 aromatic carbocycles. The molecule has 2 rings (SSSR count). The number of aromatic nitrogens is 1. The van der Waals surface area contributed by atoms with Crippen molar-refractivity contribution in [1.82, 2.24) is 4.98 Å². The highest BCUT2D eigenvalue weighted by Crippen LogP contribution is 2.23. The monoisotopic (exact) mass is 290 g/mol. The van der Waals surface area contributed by atoms with Crippen molar-refractivity contribution in [2.45, 2.75) is 33.2 Å². The molecule has 0 saturated heterocycles. The Bertz CT molecular complexity index is 603. The molecule has 1 aromatic heterocycles. The van der Waals surface area contributed by atoms with Crippen molar-refractivity contribution < 1.29 is 9.90 Å². The van der Waals surface area contributed by atoms with Gasteiger partial charge in [0.05, 0.1) is 5.69 Å². The summed E-state index contributed by atoms with van der Waals surface area (Å²) >= 11 is 1.17. The summed E-state index contributed by atoms with van der Waals surface area (Å²) in [5.74, 6) is -0.397. The Morgan fingerprint density at radius 1 is 1.35 bits per heavy atom. The van der Waals surface area contributed by atoms with Gasteiger partial charge < -0.3 is 10.4 Å². The summed E-state index contributed by atoms with van der Waals surface area (Å²) in [6.45, 7) is 6.69. The zero-order valence-electron chi connectivity index (χ0n) is 11.8. The van der Waals surface area contributed by atoms with Crippen molar-refractivity contribution >= 4 is 22.4 Å². The molecule has 2 N–H and O–H groups in total. The lowest BCUT2D eigenvalue weighted by molar-refractivity contribution is 0.0701. The van der Waals surface area contributed by atoms with Gasteiger partial charge in [0.25, 0.3) is 0 Å². The van der Waals surface area contributed by atoms with Crippen molar-refractivity contribution in [3.05, 3.63) is 46.0 Å². The number of hydrogen-bond acceptors (Lipinski definition) is 4. The molecule has 0 atom stereocenters. The Kier molecular flexibility index (Phi) is 4.39. The first-order chi connectivity index (χ1) is 9.47. The standard InChI is InChI=1S/C15H18N2O2S/c1-9(2)12-6-4-11(5-7-12)8-16-15-17-10(3)13(20-15)14(18)19/h4-7,9H,8H2,1-3H3,(H,16,17)(H,18,19). The number of hydrogen-bond donors (Lipinski definition) is 2. The molecule has 4 nitrogen and oxygen atoms in total. The van der Waals surface area contributed by atoms with Gasteiger partial charge in [0.2, 0.25) is 0 Å². The minimum Gasteiger partial charge on any atom is -0.477 e. The number of aromatic carboxylic acids is 1. The van der Waals surface area contributed by atoms with Crippen LogP contribution in [0, 0.1) is 6.92 Å². The SMILES string of the molecule is Cc1nc(NCc2ccc(C(C)C)cc2)sc1C(=O)O. The van der Waals surface area contributed by atoms with Crippen LogP contribution in [-0.2, 0) is 6.54 Å². The summed E-state index contributed by atoms with van der Waals surface area (Å²) in [5, 5.41) is 12.8. The van der Waals surface area contributed by atoms with Gasteiger partial charge in [0.1, 0.15) is 4.88 Å². The number of nitrogens with one attached hydrogen (secondary N) is 1. The Balaban J connectivity index is 2.01. The zero-order chi connectivity index (χ0) is 14.7. The third-order valence-corrected chi connectivity index (χ3v) is 4.18. The Hall–Kier alpha value is -1.88. The molecule has 5 heteroatoms. The van der Waals surface area contributed by atoms with Crippen LogP contribution in [0.2, 0.25) is 0 Å². The van der Waals surface area contributed by atoms with Crippen LogP contribution in [0.3, 0.4) is 0 Å². The second kappa shape index (κ2) is 6.05. The summed E-state index contributed by atoms with van der Waals surface area (Å²) in [5.41, 5.74) is 3.02. The van der Waals surface area contributed by atoms with Gasteiger partial charge in [-0.25, -0.2) is 9.78 Å². The topological polar surface area (TPSA) is 62.2 Å². The molecule has 1 heterocycles. The number of anilines is 1. The molecular formula is C15H18N2O2S. The number of thiazole rings is 1. The molecular weight excluding hydrogens is 272 g/mol. The maximum absolute atomic E-state index is 11.0. The first-order valence-electron chi connectivity index (χ1n) is 6.51. The van der Waals surface area contributed by atoms with E-state index < -0.39 is 5.97 Å². The summed E-state index contributed by atoms with van der Waals surface area (Å²) < 4.78 is 0. The predicted octanol–water partition coefficient (Wildman–Crippen LogP) is 3.89. The minimum absolute atomic E-state index is 0.294. The number of carboxylic acids is 1. The van der Waals surface area contributed by atoms with Crippen molar-refractivity contribution in [2.24, 2.45) is 0 Å². The smallest absolute Gasteiger partial charge is 0.347 e.